The van der Waals surface area contributed by atoms with Crippen molar-refractivity contribution in [2.75, 3.05) is 17.2 Å². The van der Waals surface area contributed by atoms with Gasteiger partial charge >= 0.3 is 0 Å². The topological polar surface area (TPSA) is 149 Å². The molecule has 0 aliphatic carbocycles. The number of allylic oxidation sites excluding steroid dienone is 5. The van der Waals surface area contributed by atoms with Crippen LogP contribution in [0.25, 0.3) is 5.57 Å². The van der Waals surface area contributed by atoms with Crippen molar-refractivity contribution in [2.24, 2.45) is 11.1 Å². The molecule has 3 aromatic rings. The van der Waals surface area contributed by atoms with Gasteiger partial charge in [-0.25, -0.2) is 8.78 Å². The molecule has 2 heterocycles. The number of ether oxygens (including phenoxy) is 1. The number of nitrogens with zero attached hydrogens (tertiary/aromatic N) is 2. The third-order valence-electron chi connectivity index (χ3n) is 9.71. The fraction of sp³-hybridized carbons (Fsp3) is 0.375. The smallest absolute Gasteiger partial charge is 0.232 e. The number of anilines is 1. The minimum absolute atomic E-state index is 0.0340. The van der Waals surface area contributed by atoms with Gasteiger partial charge in [-0.05, 0) is 91.8 Å². The van der Waals surface area contributed by atoms with E-state index >= 15 is 0 Å². The summed E-state index contributed by atoms with van der Waals surface area (Å²) >= 11 is 0.951. The van der Waals surface area contributed by atoms with Gasteiger partial charge in [0.15, 0.2) is 0 Å². The largest absolute Gasteiger partial charge is 0.430 e. The molecule has 8 atom stereocenters. The summed E-state index contributed by atoms with van der Waals surface area (Å²) in [6.45, 7) is 3.28. The second-order valence-electron chi connectivity index (χ2n) is 13.1. The van der Waals surface area contributed by atoms with Gasteiger partial charge in [-0.2, -0.15) is 4.91 Å². The predicted molar refractivity (Wildman–Crippen MR) is 199 cm³/mol. The molecule has 2 saturated heterocycles. The average molecular weight is 751 g/mol. The maximum atomic E-state index is 13.9. The van der Waals surface area contributed by atoms with Gasteiger partial charge in [-0.3, -0.25) is 4.79 Å². The molecule has 0 radical (unpaired) electrons. The molecule has 3 aromatic carbocycles. The van der Waals surface area contributed by atoms with Crippen LogP contribution in [-0.2, 0) is 13.7 Å². The second-order valence-corrected chi connectivity index (χ2v) is 13.8. The number of carbonyl (C=O) groups excluding carboxylic acids is 1. The fourth-order valence-corrected chi connectivity index (χ4v) is 7.39. The number of aliphatic hydroxyl groups excluding tert-OH is 4. The van der Waals surface area contributed by atoms with Crippen molar-refractivity contribution < 1.29 is 42.9 Å². The molecular formula is C40H44F2N2O8S. The summed E-state index contributed by atoms with van der Waals surface area (Å²) in [5.74, 6) is -1.02. The number of carbonyl (C=O) groups is 1. The number of benzene rings is 3. The summed E-state index contributed by atoms with van der Waals surface area (Å²) < 4.78 is 39.2. The van der Waals surface area contributed by atoms with Crippen LogP contribution in [0.5, 0.6) is 0 Å². The molecule has 0 aromatic heterocycles. The third-order valence-corrected chi connectivity index (χ3v) is 10.5. The third kappa shape index (κ3) is 9.85. The van der Waals surface area contributed by atoms with E-state index in [1.54, 1.807) is 24.0 Å². The van der Waals surface area contributed by atoms with Crippen molar-refractivity contribution >= 4 is 29.2 Å². The molecule has 8 unspecified atom stereocenters. The van der Waals surface area contributed by atoms with E-state index in [0.29, 0.717) is 29.9 Å². The summed E-state index contributed by atoms with van der Waals surface area (Å²) in [5, 5.41) is 44.7. The number of hydrogen-bond donors (Lipinski definition) is 4. The van der Waals surface area contributed by atoms with E-state index in [9.17, 15) is 38.9 Å². The summed E-state index contributed by atoms with van der Waals surface area (Å²) in [6, 6.07) is 20.6. The lowest BCUT2D eigenvalue weighted by molar-refractivity contribution is -0.212. The SMILES string of the molecule is C\C=C(/C=C\C(CC1C(CCC(O)c2ccc(F)cc2)C(=O)N1c1ccc(F)cc1)=C(/C)OSCC1OC(CN=O)C(O)C(O)C1O)c1ccccc1. The van der Waals surface area contributed by atoms with Crippen molar-refractivity contribution in [3.05, 3.63) is 136 Å². The zero-order chi connectivity index (χ0) is 38.1. The van der Waals surface area contributed by atoms with E-state index in [-0.39, 0.29) is 18.1 Å². The standard InChI is InChI=1S/C40H44F2N2O8S/c1-3-25(26-7-5-4-6-8-26)9-10-28(24(2)52-53-23-36-38(47)39(48)37(46)35(51-36)22-43-50)21-33-32(19-20-34(45)27-11-13-29(41)14-12-27)40(49)44(33)31-17-15-30(42)16-18-31/h3-18,32-39,45-48H,19-23H2,1-2H3/b10-9-,25-3+,28-24-. The molecule has 13 heteroatoms. The van der Waals surface area contributed by atoms with Gasteiger partial charge in [-0.1, -0.05) is 65.9 Å². The zero-order valence-electron chi connectivity index (χ0n) is 29.4. The maximum absolute atomic E-state index is 13.9. The van der Waals surface area contributed by atoms with Crippen LogP contribution in [0.4, 0.5) is 14.5 Å². The van der Waals surface area contributed by atoms with Gasteiger partial charge in [0.25, 0.3) is 0 Å². The summed E-state index contributed by atoms with van der Waals surface area (Å²) in [5.41, 5.74) is 3.71. The van der Waals surface area contributed by atoms with Gasteiger partial charge in [-0.15, -0.1) is 0 Å². The van der Waals surface area contributed by atoms with Gasteiger partial charge in [0, 0.05) is 5.69 Å². The first kappa shape index (κ1) is 40.0. The Bertz CT molecular complexity index is 1770. The van der Waals surface area contributed by atoms with E-state index in [0.717, 1.165) is 28.8 Å². The Morgan fingerprint density at radius 3 is 2.23 bits per heavy atom. The molecule has 10 nitrogen and oxygen atoms in total. The highest BCUT2D eigenvalue weighted by atomic mass is 32.2. The molecule has 0 saturated carbocycles. The van der Waals surface area contributed by atoms with Crippen LogP contribution in [0.2, 0.25) is 0 Å². The van der Waals surface area contributed by atoms with Crippen molar-refractivity contribution in [2.45, 2.75) is 75.8 Å². The Balaban J connectivity index is 1.41. The number of β-lactam (4-membered cyclic amide) rings is 1. The highest BCUT2D eigenvalue weighted by molar-refractivity contribution is 7.94. The lowest BCUT2D eigenvalue weighted by Crippen LogP contribution is -2.61. The summed E-state index contributed by atoms with van der Waals surface area (Å²) in [4.78, 5) is 26.2. The molecule has 0 spiro atoms. The Morgan fingerprint density at radius 2 is 1.58 bits per heavy atom. The molecule has 282 valence electrons. The van der Waals surface area contributed by atoms with Crippen LogP contribution in [0.3, 0.4) is 0 Å². The van der Waals surface area contributed by atoms with Crippen LogP contribution < -0.4 is 4.90 Å². The molecular weight excluding hydrogens is 707 g/mol. The highest BCUT2D eigenvalue weighted by Gasteiger charge is 2.48. The Labute approximate surface area is 311 Å². The molecule has 5 rings (SSSR count). The number of hydrogen-bond acceptors (Lipinski definition) is 10. The first-order valence-corrected chi connectivity index (χ1v) is 18.3. The Hall–Kier alpha value is -4.24. The number of nitroso groups, excluding NO2 is 1. The second kappa shape index (κ2) is 18.7. The molecule has 53 heavy (non-hydrogen) atoms. The van der Waals surface area contributed by atoms with E-state index in [4.69, 9.17) is 8.92 Å². The van der Waals surface area contributed by atoms with Crippen molar-refractivity contribution in [1.82, 2.24) is 0 Å². The monoisotopic (exact) mass is 750 g/mol. The predicted octanol–water partition coefficient (Wildman–Crippen LogP) is 6.42. The molecule has 4 N–H and O–H groups in total. The van der Waals surface area contributed by atoms with Crippen LogP contribution in [0, 0.1) is 22.5 Å². The molecule has 2 aliphatic rings. The minimum Gasteiger partial charge on any atom is -0.430 e. The lowest BCUT2D eigenvalue weighted by atomic mass is 9.78. The van der Waals surface area contributed by atoms with Crippen LogP contribution in [0.1, 0.15) is 50.3 Å². The van der Waals surface area contributed by atoms with Crippen LogP contribution in [-0.4, -0.2) is 75.2 Å². The van der Waals surface area contributed by atoms with Gasteiger partial charge in [0.2, 0.25) is 5.91 Å². The fourth-order valence-electron chi connectivity index (χ4n) is 6.63. The van der Waals surface area contributed by atoms with Crippen molar-refractivity contribution in [3.63, 3.8) is 0 Å². The summed E-state index contributed by atoms with van der Waals surface area (Å²) in [6.07, 6.45) is -0.714. The molecule has 1 amide bonds. The van der Waals surface area contributed by atoms with Crippen LogP contribution in [0.15, 0.2) is 114 Å². The van der Waals surface area contributed by atoms with Crippen molar-refractivity contribution in [1.29, 1.82) is 0 Å². The normalized spacial score (nSPS) is 25.9. The maximum Gasteiger partial charge on any atom is 0.232 e. The number of aliphatic hydroxyl groups is 4. The highest BCUT2D eigenvalue weighted by Crippen LogP contribution is 2.41. The van der Waals surface area contributed by atoms with E-state index in [1.165, 1.54) is 36.4 Å². The lowest BCUT2D eigenvalue weighted by Gasteiger charge is -2.48. The van der Waals surface area contributed by atoms with E-state index < -0.39 is 66.8 Å². The zero-order valence-corrected chi connectivity index (χ0v) is 30.2. The van der Waals surface area contributed by atoms with Gasteiger partial charge in [0.1, 0.15) is 48.4 Å². The summed E-state index contributed by atoms with van der Waals surface area (Å²) in [7, 11) is 0. The molecule has 2 aliphatic heterocycles. The molecule has 0 bridgehead atoms. The Kier molecular flexibility index (Phi) is 14.1. The number of halogens is 2. The van der Waals surface area contributed by atoms with E-state index in [1.807, 2.05) is 55.5 Å². The number of amides is 1. The minimum atomic E-state index is -1.54. The van der Waals surface area contributed by atoms with E-state index in [2.05, 4.69) is 5.18 Å². The van der Waals surface area contributed by atoms with Crippen LogP contribution >= 0.6 is 12.0 Å². The quantitative estimate of drug-likeness (QED) is 0.0428. The first-order valence-electron chi connectivity index (χ1n) is 17.4. The van der Waals surface area contributed by atoms with Gasteiger partial charge in [0.05, 0.1) is 42.0 Å². The Morgan fingerprint density at radius 1 is 0.943 bits per heavy atom. The average Bonchev–Trinajstić information content (AvgIpc) is 3.16. The molecule has 2 fully saturated rings. The first-order chi connectivity index (χ1) is 25.5. The number of rotatable bonds is 16. The van der Waals surface area contributed by atoms with Crippen molar-refractivity contribution in [3.8, 4) is 0 Å². The van der Waals surface area contributed by atoms with Gasteiger partial charge < -0.3 is 34.2 Å².